The Morgan fingerprint density at radius 2 is 2.04 bits per heavy atom. The van der Waals surface area contributed by atoms with Gasteiger partial charge in [0, 0.05) is 43.2 Å². The molecular formula is C21H22N6. The molecule has 27 heavy (non-hydrogen) atoms. The molecule has 0 aliphatic heterocycles. The first-order valence-electron chi connectivity index (χ1n) is 9.19. The molecule has 1 saturated carbocycles. The van der Waals surface area contributed by atoms with E-state index in [0.29, 0.717) is 5.92 Å². The molecule has 0 N–H and O–H groups in total. The van der Waals surface area contributed by atoms with Gasteiger partial charge in [0.2, 0.25) is 0 Å². The minimum absolute atomic E-state index is 0.599. The fraction of sp³-hybridized carbons (Fsp3) is 0.333. The van der Waals surface area contributed by atoms with Crippen LogP contribution in [0.5, 0.6) is 0 Å². The molecule has 6 heteroatoms. The Balaban J connectivity index is 1.48. The molecule has 6 nitrogen and oxygen atoms in total. The molecule has 0 spiro atoms. The number of benzene rings is 1. The molecule has 1 aromatic carbocycles. The fourth-order valence-corrected chi connectivity index (χ4v) is 2.84. The van der Waals surface area contributed by atoms with Gasteiger partial charge < -0.3 is 4.90 Å². The van der Waals surface area contributed by atoms with Gasteiger partial charge in [-0.1, -0.05) is 23.1 Å². The van der Waals surface area contributed by atoms with Crippen LogP contribution in [0.3, 0.4) is 0 Å². The van der Waals surface area contributed by atoms with E-state index >= 15 is 0 Å². The molecule has 0 saturated heterocycles. The van der Waals surface area contributed by atoms with Crippen molar-refractivity contribution in [1.29, 1.82) is 0 Å². The molecule has 2 aromatic heterocycles. The lowest BCUT2D eigenvalue weighted by atomic mass is 10.1. The smallest absolute Gasteiger partial charge is 0.175 e. The summed E-state index contributed by atoms with van der Waals surface area (Å²) >= 11 is 0. The van der Waals surface area contributed by atoms with E-state index < -0.39 is 0 Å². The maximum absolute atomic E-state index is 4.33. The average molecular weight is 358 g/mol. The van der Waals surface area contributed by atoms with Crippen molar-refractivity contribution >= 4 is 11.5 Å². The van der Waals surface area contributed by atoms with E-state index in [1.165, 1.54) is 24.7 Å². The van der Waals surface area contributed by atoms with E-state index in [1.54, 1.807) is 0 Å². The van der Waals surface area contributed by atoms with Crippen LogP contribution >= 0.6 is 0 Å². The number of nitrogens with zero attached hydrogens (tertiary/aromatic N) is 6. The van der Waals surface area contributed by atoms with Gasteiger partial charge in [-0.05, 0) is 49.4 Å². The maximum atomic E-state index is 4.33. The summed E-state index contributed by atoms with van der Waals surface area (Å²) in [4.78, 5) is 10.1. The highest BCUT2D eigenvalue weighted by Crippen LogP contribution is 2.29. The summed E-state index contributed by atoms with van der Waals surface area (Å²) in [5.41, 5.74) is 4.41. The van der Waals surface area contributed by atoms with Gasteiger partial charge in [0.25, 0.3) is 0 Å². The third-order valence-electron chi connectivity index (χ3n) is 4.68. The van der Waals surface area contributed by atoms with Crippen molar-refractivity contribution in [3.05, 3.63) is 59.8 Å². The summed E-state index contributed by atoms with van der Waals surface area (Å²) in [6, 6.07) is 6.33. The van der Waals surface area contributed by atoms with Crippen molar-refractivity contribution in [3.8, 4) is 11.8 Å². The summed E-state index contributed by atoms with van der Waals surface area (Å²) in [7, 11) is 2.01. The van der Waals surface area contributed by atoms with E-state index in [9.17, 15) is 0 Å². The van der Waals surface area contributed by atoms with E-state index in [0.717, 1.165) is 35.6 Å². The van der Waals surface area contributed by atoms with Gasteiger partial charge >= 0.3 is 0 Å². The number of hydrogen-bond acceptors (Lipinski definition) is 5. The van der Waals surface area contributed by atoms with Gasteiger partial charge in [-0.2, -0.15) is 0 Å². The third-order valence-corrected chi connectivity index (χ3v) is 4.68. The predicted octanol–water partition coefficient (Wildman–Crippen LogP) is 3.15. The molecular weight excluding hydrogens is 336 g/mol. The lowest BCUT2D eigenvalue weighted by Gasteiger charge is -2.18. The van der Waals surface area contributed by atoms with Crippen LogP contribution in [-0.4, -0.2) is 32.0 Å². The van der Waals surface area contributed by atoms with E-state index in [2.05, 4.69) is 62.1 Å². The second-order valence-corrected chi connectivity index (χ2v) is 6.94. The lowest BCUT2D eigenvalue weighted by molar-refractivity contribution is 0.587. The first kappa shape index (κ1) is 17.2. The molecule has 0 atom stereocenters. The number of anilines is 2. The highest BCUT2D eigenvalue weighted by atomic mass is 15.5. The van der Waals surface area contributed by atoms with Crippen molar-refractivity contribution in [1.82, 2.24) is 25.0 Å². The van der Waals surface area contributed by atoms with Crippen LogP contribution in [0.2, 0.25) is 0 Å². The number of rotatable bonds is 5. The van der Waals surface area contributed by atoms with Gasteiger partial charge in [0.1, 0.15) is 6.33 Å². The molecule has 4 rings (SSSR count). The van der Waals surface area contributed by atoms with E-state index in [-0.39, 0.29) is 0 Å². The maximum Gasteiger partial charge on any atom is 0.175 e. The van der Waals surface area contributed by atoms with Crippen molar-refractivity contribution in [2.45, 2.75) is 32.7 Å². The Kier molecular flexibility index (Phi) is 4.84. The summed E-state index contributed by atoms with van der Waals surface area (Å²) in [5.74, 6) is 8.03. The average Bonchev–Trinajstić information content (AvgIpc) is 3.41. The van der Waals surface area contributed by atoms with E-state index in [4.69, 9.17) is 0 Å². The monoisotopic (exact) mass is 358 g/mol. The molecule has 0 bridgehead atoms. The first-order chi connectivity index (χ1) is 13.2. The molecule has 1 aliphatic carbocycles. The first-order valence-corrected chi connectivity index (χ1v) is 9.19. The molecule has 1 aliphatic rings. The normalized spacial score (nSPS) is 13.1. The number of aromatic nitrogens is 5. The minimum atomic E-state index is 0.599. The SMILES string of the molecule is Cc1ccc(C#CC2CC2)cc1N(C)c1cn(CCc2cncnc2)nn1. The van der Waals surface area contributed by atoms with Gasteiger partial charge in [0.05, 0.1) is 6.20 Å². The van der Waals surface area contributed by atoms with Crippen molar-refractivity contribution in [2.75, 3.05) is 11.9 Å². The Labute approximate surface area is 159 Å². The van der Waals surface area contributed by atoms with Crippen molar-refractivity contribution < 1.29 is 0 Å². The molecule has 0 radical (unpaired) electrons. The summed E-state index contributed by atoms with van der Waals surface area (Å²) in [5, 5.41) is 8.59. The minimum Gasteiger partial charge on any atom is -0.326 e. The van der Waals surface area contributed by atoms with Crippen LogP contribution in [-0.2, 0) is 13.0 Å². The largest absolute Gasteiger partial charge is 0.326 e. The highest BCUT2D eigenvalue weighted by molar-refractivity contribution is 5.64. The van der Waals surface area contributed by atoms with Crippen LogP contribution in [0.15, 0.2) is 43.1 Å². The Bertz CT molecular complexity index is 979. The number of aryl methyl sites for hydroxylation is 3. The van der Waals surface area contributed by atoms with E-state index in [1.807, 2.05) is 30.3 Å². The van der Waals surface area contributed by atoms with Gasteiger partial charge in [-0.25, -0.2) is 14.6 Å². The van der Waals surface area contributed by atoms with Crippen molar-refractivity contribution in [2.24, 2.45) is 5.92 Å². The lowest BCUT2D eigenvalue weighted by Crippen LogP contribution is -2.11. The second kappa shape index (κ2) is 7.58. The zero-order valence-electron chi connectivity index (χ0n) is 15.6. The molecule has 2 heterocycles. The molecule has 0 unspecified atom stereocenters. The van der Waals surface area contributed by atoms with Crippen LogP contribution in [0, 0.1) is 24.7 Å². The van der Waals surface area contributed by atoms with Crippen LogP contribution in [0.1, 0.15) is 29.5 Å². The van der Waals surface area contributed by atoms with Gasteiger partial charge in [0.15, 0.2) is 5.82 Å². The Morgan fingerprint density at radius 3 is 2.81 bits per heavy atom. The van der Waals surface area contributed by atoms with Gasteiger partial charge in [-0.15, -0.1) is 5.10 Å². The van der Waals surface area contributed by atoms with Gasteiger partial charge in [-0.3, -0.25) is 0 Å². The second-order valence-electron chi connectivity index (χ2n) is 6.94. The fourth-order valence-electron chi connectivity index (χ4n) is 2.84. The third kappa shape index (κ3) is 4.32. The zero-order valence-corrected chi connectivity index (χ0v) is 15.6. The quantitative estimate of drug-likeness (QED) is 0.656. The molecule has 0 amide bonds. The standard InChI is InChI=1S/C21H22N6/c1-16-3-4-18(8-7-17-5-6-17)11-20(16)26(2)21-14-27(25-24-21)10-9-19-12-22-15-23-13-19/h3-4,11-15,17H,5-6,9-10H2,1-2H3. The summed E-state index contributed by atoms with van der Waals surface area (Å²) in [6.07, 6.45) is 10.5. The van der Waals surface area contributed by atoms with Crippen LogP contribution < -0.4 is 4.90 Å². The molecule has 3 aromatic rings. The highest BCUT2D eigenvalue weighted by Gasteiger charge is 2.18. The Morgan fingerprint density at radius 1 is 1.22 bits per heavy atom. The van der Waals surface area contributed by atoms with Crippen LogP contribution in [0.25, 0.3) is 0 Å². The van der Waals surface area contributed by atoms with Crippen LogP contribution in [0.4, 0.5) is 11.5 Å². The summed E-state index contributed by atoms with van der Waals surface area (Å²) < 4.78 is 1.85. The summed E-state index contributed by atoms with van der Waals surface area (Å²) in [6.45, 7) is 2.84. The Hall–Kier alpha value is -3.20. The molecule has 1 fully saturated rings. The molecule has 136 valence electrons. The zero-order chi connectivity index (χ0) is 18.6. The number of hydrogen-bond donors (Lipinski definition) is 0. The topological polar surface area (TPSA) is 59.7 Å². The van der Waals surface area contributed by atoms with Crippen molar-refractivity contribution in [3.63, 3.8) is 0 Å². The predicted molar refractivity (Wildman–Crippen MR) is 105 cm³/mol.